The standard InChI is InChI=1S/C14H21N3O/c1-3-4-5-6-9-17-13-10-11(18-2)7-8-12(13)16-14(17)15/h7-8,10H,3-6,9H2,1-2H3,(H2,15,16). The predicted molar refractivity (Wildman–Crippen MR) is 74.8 cm³/mol. The van der Waals surface area contributed by atoms with Crippen LogP contribution in [0, 0.1) is 0 Å². The maximum Gasteiger partial charge on any atom is 0.201 e. The van der Waals surface area contributed by atoms with Crippen LogP contribution in [0.5, 0.6) is 5.75 Å². The second kappa shape index (κ2) is 5.76. The molecule has 0 unspecified atom stereocenters. The van der Waals surface area contributed by atoms with Gasteiger partial charge < -0.3 is 15.0 Å². The lowest BCUT2D eigenvalue weighted by atomic mass is 10.2. The Kier molecular flexibility index (Phi) is 4.07. The van der Waals surface area contributed by atoms with E-state index in [1.165, 1.54) is 19.3 Å². The number of imidazole rings is 1. The second-order valence-electron chi connectivity index (χ2n) is 4.54. The number of ether oxygens (including phenoxy) is 1. The molecule has 0 saturated carbocycles. The van der Waals surface area contributed by atoms with Gasteiger partial charge in [-0.3, -0.25) is 0 Å². The molecule has 0 saturated heterocycles. The molecule has 0 atom stereocenters. The molecule has 0 aliphatic carbocycles. The van der Waals surface area contributed by atoms with Gasteiger partial charge in [0.05, 0.1) is 18.1 Å². The molecule has 0 spiro atoms. The summed E-state index contributed by atoms with van der Waals surface area (Å²) in [6.07, 6.45) is 4.89. The maximum atomic E-state index is 5.97. The SMILES string of the molecule is CCCCCCn1c(N)nc2ccc(OC)cc21. The Bertz CT molecular complexity index is 519. The van der Waals surface area contributed by atoms with Gasteiger partial charge in [-0.1, -0.05) is 26.2 Å². The number of benzene rings is 1. The highest BCUT2D eigenvalue weighted by atomic mass is 16.5. The van der Waals surface area contributed by atoms with Crippen LogP contribution in [0.25, 0.3) is 11.0 Å². The van der Waals surface area contributed by atoms with Crippen LogP contribution in [0.2, 0.25) is 0 Å². The summed E-state index contributed by atoms with van der Waals surface area (Å²) in [6, 6.07) is 5.86. The summed E-state index contributed by atoms with van der Waals surface area (Å²) in [5.74, 6) is 1.44. The van der Waals surface area contributed by atoms with E-state index in [0.29, 0.717) is 5.95 Å². The van der Waals surface area contributed by atoms with Crippen LogP contribution in [0.3, 0.4) is 0 Å². The highest BCUT2D eigenvalue weighted by Gasteiger charge is 2.08. The minimum Gasteiger partial charge on any atom is -0.497 e. The molecule has 1 aromatic carbocycles. The first kappa shape index (κ1) is 12.7. The normalized spacial score (nSPS) is 11.0. The molecule has 0 aliphatic rings. The third kappa shape index (κ3) is 2.58. The van der Waals surface area contributed by atoms with Gasteiger partial charge in [0.15, 0.2) is 0 Å². The average Bonchev–Trinajstić information content (AvgIpc) is 2.70. The first-order valence-electron chi connectivity index (χ1n) is 6.56. The van der Waals surface area contributed by atoms with E-state index < -0.39 is 0 Å². The fraction of sp³-hybridized carbons (Fsp3) is 0.500. The van der Waals surface area contributed by atoms with E-state index in [9.17, 15) is 0 Å². The monoisotopic (exact) mass is 247 g/mol. The molecule has 0 aliphatic heterocycles. The summed E-state index contributed by atoms with van der Waals surface area (Å²) in [5, 5.41) is 0. The molecular weight excluding hydrogens is 226 g/mol. The summed E-state index contributed by atoms with van der Waals surface area (Å²) in [7, 11) is 1.67. The molecule has 98 valence electrons. The van der Waals surface area contributed by atoms with Crippen LogP contribution >= 0.6 is 0 Å². The molecule has 0 bridgehead atoms. The third-order valence-electron chi connectivity index (χ3n) is 3.22. The third-order valence-corrected chi connectivity index (χ3v) is 3.22. The van der Waals surface area contributed by atoms with Crippen molar-refractivity contribution in [3.05, 3.63) is 18.2 Å². The summed E-state index contributed by atoms with van der Waals surface area (Å²) < 4.78 is 7.32. The number of methoxy groups -OCH3 is 1. The van der Waals surface area contributed by atoms with Gasteiger partial charge >= 0.3 is 0 Å². The van der Waals surface area contributed by atoms with Gasteiger partial charge in [0.2, 0.25) is 5.95 Å². The van der Waals surface area contributed by atoms with Crippen molar-refractivity contribution in [1.82, 2.24) is 9.55 Å². The van der Waals surface area contributed by atoms with Crippen molar-refractivity contribution in [2.45, 2.75) is 39.2 Å². The van der Waals surface area contributed by atoms with Gasteiger partial charge in [0.25, 0.3) is 0 Å². The Morgan fingerprint density at radius 3 is 2.83 bits per heavy atom. The molecule has 2 N–H and O–H groups in total. The van der Waals surface area contributed by atoms with Crippen molar-refractivity contribution >= 4 is 17.0 Å². The van der Waals surface area contributed by atoms with Crippen LogP contribution in [0.15, 0.2) is 18.2 Å². The quantitative estimate of drug-likeness (QED) is 0.797. The van der Waals surface area contributed by atoms with E-state index in [2.05, 4.69) is 16.5 Å². The van der Waals surface area contributed by atoms with Crippen LogP contribution in [0.1, 0.15) is 32.6 Å². The zero-order valence-electron chi connectivity index (χ0n) is 11.1. The summed E-state index contributed by atoms with van der Waals surface area (Å²) >= 11 is 0. The Morgan fingerprint density at radius 1 is 1.28 bits per heavy atom. The minimum absolute atomic E-state index is 0.592. The summed E-state index contributed by atoms with van der Waals surface area (Å²) in [6.45, 7) is 3.14. The lowest BCUT2D eigenvalue weighted by Crippen LogP contribution is -2.03. The van der Waals surface area contributed by atoms with E-state index >= 15 is 0 Å². The number of fused-ring (bicyclic) bond motifs is 1. The lowest BCUT2D eigenvalue weighted by Gasteiger charge is -2.07. The Morgan fingerprint density at radius 2 is 2.11 bits per heavy atom. The molecular formula is C14H21N3O. The molecule has 0 fully saturated rings. The van der Waals surface area contributed by atoms with Crippen molar-refractivity contribution in [1.29, 1.82) is 0 Å². The first-order chi connectivity index (χ1) is 8.76. The number of hydrogen-bond acceptors (Lipinski definition) is 3. The van der Waals surface area contributed by atoms with Gasteiger partial charge in [0, 0.05) is 12.6 Å². The van der Waals surface area contributed by atoms with Gasteiger partial charge in [0.1, 0.15) is 5.75 Å². The topological polar surface area (TPSA) is 53.1 Å². The fourth-order valence-electron chi connectivity index (χ4n) is 2.18. The predicted octanol–water partition coefficient (Wildman–Crippen LogP) is 3.21. The number of unbranched alkanes of at least 4 members (excludes halogenated alkanes) is 3. The smallest absolute Gasteiger partial charge is 0.201 e. The molecule has 4 nitrogen and oxygen atoms in total. The zero-order chi connectivity index (χ0) is 13.0. The number of nitrogens with zero attached hydrogens (tertiary/aromatic N) is 2. The number of aromatic nitrogens is 2. The molecule has 2 aromatic rings. The highest BCUT2D eigenvalue weighted by Crippen LogP contribution is 2.23. The van der Waals surface area contributed by atoms with Crippen LogP contribution < -0.4 is 10.5 Å². The van der Waals surface area contributed by atoms with Gasteiger partial charge in [-0.25, -0.2) is 4.98 Å². The summed E-state index contributed by atoms with van der Waals surface area (Å²) in [4.78, 5) is 4.37. The van der Waals surface area contributed by atoms with Crippen LogP contribution in [-0.4, -0.2) is 16.7 Å². The summed E-state index contributed by atoms with van der Waals surface area (Å²) in [5.41, 5.74) is 7.96. The number of hydrogen-bond donors (Lipinski definition) is 1. The zero-order valence-corrected chi connectivity index (χ0v) is 11.1. The van der Waals surface area contributed by atoms with Crippen LogP contribution in [-0.2, 0) is 6.54 Å². The number of anilines is 1. The van der Waals surface area contributed by atoms with Crippen molar-refractivity contribution in [3.63, 3.8) is 0 Å². The Hall–Kier alpha value is -1.71. The number of nitrogens with two attached hydrogens (primary N) is 1. The Balaban J connectivity index is 2.22. The fourth-order valence-corrected chi connectivity index (χ4v) is 2.18. The number of nitrogen functional groups attached to an aromatic ring is 1. The van der Waals surface area contributed by atoms with E-state index in [4.69, 9.17) is 10.5 Å². The van der Waals surface area contributed by atoms with E-state index in [1.807, 2.05) is 18.2 Å². The van der Waals surface area contributed by atoms with E-state index in [0.717, 1.165) is 29.7 Å². The van der Waals surface area contributed by atoms with Gasteiger partial charge in [-0.2, -0.15) is 0 Å². The highest BCUT2D eigenvalue weighted by molar-refractivity contribution is 5.79. The van der Waals surface area contributed by atoms with E-state index in [-0.39, 0.29) is 0 Å². The van der Waals surface area contributed by atoms with Crippen molar-refractivity contribution in [2.75, 3.05) is 12.8 Å². The second-order valence-corrected chi connectivity index (χ2v) is 4.54. The minimum atomic E-state index is 0.592. The maximum absolute atomic E-state index is 5.97. The van der Waals surface area contributed by atoms with Crippen LogP contribution in [0.4, 0.5) is 5.95 Å². The van der Waals surface area contributed by atoms with Crippen molar-refractivity contribution in [3.8, 4) is 5.75 Å². The van der Waals surface area contributed by atoms with E-state index in [1.54, 1.807) is 7.11 Å². The lowest BCUT2D eigenvalue weighted by molar-refractivity contribution is 0.415. The number of rotatable bonds is 6. The molecule has 18 heavy (non-hydrogen) atoms. The Labute approximate surface area is 108 Å². The number of aryl methyl sites for hydroxylation is 1. The molecule has 1 heterocycles. The molecule has 0 amide bonds. The van der Waals surface area contributed by atoms with Crippen molar-refractivity contribution < 1.29 is 4.74 Å². The first-order valence-corrected chi connectivity index (χ1v) is 6.56. The van der Waals surface area contributed by atoms with Gasteiger partial charge in [-0.15, -0.1) is 0 Å². The van der Waals surface area contributed by atoms with Crippen molar-refractivity contribution in [2.24, 2.45) is 0 Å². The largest absolute Gasteiger partial charge is 0.497 e. The molecule has 0 radical (unpaired) electrons. The molecule has 2 rings (SSSR count). The molecule has 1 aromatic heterocycles. The van der Waals surface area contributed by atoms with Gasteiger partial charge in [-0.05, 0) is 18.6 Å². The molecule has 4 heteroatoms. The average molecular weight is 247 g/mol.